The average molecular weight is 235 g/mol. The third-order valence-corrected chi connectivity index (χ3v) is 2.49. The Morgan fingerprint density at radius 2 is 2.18 bits per heavy atom. The van der Waals surface area contributed by atoms with E-state index in [0.29, 0.717) is 32.1 Å². The minimum Gasteiger partial charge on any atom is -0.475 e. The van der Waals surface area contributed by atoms with Crippen LogP contribution in [0.5, 0.6) is 0 Å². The third-order valence-electron chi connectivity index (χ3n) is 2.49. The molecule has 1 aromatic carbocycles. The van der Waals surface area contributed by atoms with Crippen LogP contribution >= 0.6 is 0 Å². The van der Waals surface area contributed by atoms with Gasteiger partial charge in [0.15, 0.2) is 0 Å². The Hall–Kier alpha value is -1.39. The number of aliphatic hydroxyl groups is 1. The average Bonchev–Trinajstić information content (AvgIpc) is 2.85. The van der Waals surface area contributed by atoms with E-state index in [4.69, 9.17) is 14.6 Å². The van der Waals surface area contributed by atoms with Crippen LogP contribution in [0.2, 0.25) is 0 Å². The molecule has 0 unspecified atom stereocenters. The number of rotatable bonds is 6. The van der Waals surface area contributed by atoms with Gasteiger partial charge in [-0.3, -0.25) is 0 Å². The fraction of sp³-hybridized carbons (Fsp3) is 0.462. The number of aliphatic imine (C=N–C) groups is 1. The van der Waals surface area contributed by atoms with Crippen molar-refractivity contribution in [2.45, 2.75) is 12.5 Å². The first-order chi connectivity index (χ1) is 8.40. The maximum atomic E-state index is 8.62. The Morgan fingerprint density at radius 1 is 1.35 bits per heavy atom. The van der Waals surface area contributed by atoms with E-state index >= 15 is 0 Å². The number of aliphatic hydroxyl groups excluding tert-OH is 1. The van der Waals surface area contributed by atoms with E-state index in [1.54, 1.807) is 0 Å². The van der Waals surface area contributed by atoms with Gasteiger partial charge in [-0.1, -0.05) is 18.2 Å². The summed E-state index contributed by atoms with van der Waals surface area (Å²) >= 11 is 0. The fourth-order valence-electron chi connectivity index (χ4n) is 1.63. The Labute approximate surface area is 101 Å². The van der Waals surface area contributed by atoms with Gasteiger partial charge in [-0.15, -0.1) is 0 Å². The maximum absolute atomic E-state index is 8.62. The monoisotopic (exact) mass is 235 g/mol. The second-order valence-corrected chi connectivity index (χ2v) is 3.92. The van der Waals surface area contributed by atoms with E-state index in [2.05, 4.69) is 4.99 Å². The normalized spacial score (nSPS) is 18.9. The summed E-state index contributed by atoms with van der Waals surface area (Å²) in [4.78, 5) is 4.46. The van der Waals surface area contributed by atoms with Crippen LogP contribution in [0.4, 0.5) is 0 Å². The molecule has 4 nitrogen and oxygen atoms in total. The van der Waals surface area contributed by atoms with Gasteiger partial charge in [0.25, 0.3) is 0 Å². The first-order valence-electron chi connectivity index (χ1n) is 5.85. The minimum atomic E-state index is 0.0731. The van der Waals surface area contributed by atoms with Crippen LogP contribution in [0.25, 0.3) is 0 Å². The summed E-state index contributed by atoms with van der Waals surface area (Å²) in [5.74, 6) is 0.696. The van der Waals surface area contributed by atoms with Gasteiger partial charge in [0, 0.05) is 18.8 Å². The second-order valence-electron chi connectivity index (χ2n) is 3.92. The largest absolute Gasteiger partial charge is 0.475 e. The van der Waals surface area contributed by atoms with E-state index in [1.165, 1.54) is 0 Å². The lowest BCUT2D eigenvalue weighted by Gasteiger charge is -2.05. The number of nitrogens with zero attached hydrogens (tertiary/aromatic N) is 1. The highest BCUT2D eigenvalue weighted by Gasteiger charge is 2.19. The molecule has 1 heterocycles. The summed E-state index contributed by atoms with van der Waals surface area (Å²) in [6, 6.07) is 9.93. The molecule has 0 aromatic heterocycles. The Bertz CT molecular complexity index is 364. The van der Waals surface area contributed by atoms with E-state index < -0.39 is 0 Å². The van der Waals surface area contributed by atoms with Crippen LogP contribution in [-0.4, -0.2) is 43.5 Å². The van der Waals surface area contributed by atoms with Crippen molar-refractivity contribution in [3.8, 4) is 0 Å². The lowest BCUT2D eigenvalue weighted by Crippen LogP contribution is -2.15. The predicted molar refractivity (Wildman–Crippen MR) is 65.2 cm³/mol. The molecule has 0 bridgehead atoms. The summed E-state index contributed by atoms with van der Waals surface area (Å²) < 4.78 is 10.9. The van der Waals surface area contributed by atoms with Gasteiger partial charge in [0.1, 0.15) is 12.6 Å². The first kappa shape index (κ1) is 12.1. The summed E-state index contributed by atoms with van der Waals surface area (Å²) in [6.07, 6.45) is 0.669. The quantitative estimate of drug-likeness (QED) is 0.754. The van der Waals surface area contributed by atoms with Crippen LogP contribution in [0.3, 0.4) is 0 Å². The molecule has 0 aliphatic carbocycles. The van der Waals surface area contributed by atoms with Gasteiger partial charge in [-0.25, -0.2) is 4.99 Å². The van der Waals surface area contributed by atoms with Gasteiger partial charge in [-0.2, -0.15) is 0 Å². The van der Waals surface area contributed by atoms with Crippen molar-refractivity contribution >= 4 is 5.90 Å². The zero-order valence-electron chi connectivity index (χ0n) is 9.71. The highest BCUT2D eigenvalue weighted by atomic mass is 16.5. The molecule has 1 aliphatic rings. The summed E-state index contributed by atoms with van der Waals surface area (Å²) in [6.45, 7) is 1.86. The van der Waals surface area contributed by atoms with Crippen molar-refractivity contribution in [1.82, 2.24) is 0 Å². The Morgan fingerprint density at radius 3 is 2.94 bits per heavy atom. The summed E-state index contributed by atoms with van der Waals surface area (Å²) in [5, 5.41) is 8.62. The zero-order chi connectivity index (χ0) is 11.9. The smallest absolute Gasteiger partial charge is 0.216 e. The highest BCUT2D eigenvalue weighted by Crippen LogP contribution is 2.12. The van der Waals surface area contributed by atoms with Gasteiger partial charge in [0.2, 0.25) is 5.90 Å². The summed E-state index contributed by atoms with van der Waals surface area (Å²) in [5.41, 5.74) is 1.00. The molecule has 0 amide bonds. The molecule has 0 radical (unpaired) electrons. The zero-order valence-corrected chi connectivity index (χ0v) is 9.71. The molecule has 0 spiro atoms. The third kappa shape index (κ3) is 3.54. The topological polar surface area (TPSA) is 51.0 Å². The van der Waals surface area contributed by atoms with Crippen molar-refractivity contribution in [1.29, 1.82) is 0 Å². The molecule has 0 saturated heterocycles. The molecular formula is C13H17NO3. The number of hydrogen-bond acceptors (Lipinski definition) is 4. The molecule has 0 saturated carbocycles. The van der Waals surface area contributed by atoms with Gasteiger partial charge in [0.05, 0.1) is 6.61 Å². The van der Waals surface area contributed by atoms with Crippen molar-refractivity contribution < 1.29 is 14.6 Å². The lowest BCUT2D eigenvalue weighted by molar-refractivity contribution is 0.0987. The Kier molecular flexibility index (Phi) is 4.53. The van der Waals surface area contributed by atoms with Gasteiger partial charge >= 0.3 is 0 Å². The molecule has 1 aliphatic heterocycles. The van der Waals surface area contributed by atoms with Crippen LogP contribution in [-0.2, 0) is 9.47 Å². The molecular weight excluding hydrogens is 218 g/mol. The first-order valence-corrected chi connectivity index (χ1v) is 5.85. The van der Waals surface area contributed by atoms with E-state index in [9.17, 15) is 0 Å². The van der Waals surface area contributed by atoms with Crippen LogP contribution < -0.4 is 0 Å². The number of ether oxygens (including phenoxy) is 2. The van der Waals surface area contributed by atoms with E-state index in [1.807, 2.05) is 30.3 Å². The predicted octanol–water partition coefficient (Wildman–Crippen LogP) is 1.23. The lowest BCUT2D eigenvalue weighted by atomic mass is 10.2. The van der Waals surface area contributed by atoms with Crippen molar-refractivity contribution in [3.63, 3.8) is 0 Å². The van der Waals surface area contributed by atoms with Gasteiger partial charge in [-0.05, 0) is 18.6 Å². The van der Waals surface area contributed by atoms with Crippen LogP contribution in [0.1, 0.15) is 12.0 Å². The van der Waals surface area contributed by atoms with Crippen LogP contribution in [0.15, 0.2) is 35.3 Å². The molecule has 1 atom stereocenters. The molecule has 0 fully saturated rings. The molecule has 2 rings (SSSR count). The van der Waals surface area contributed by atoms with Crippen molar-refractivity contribution in [2.75, 3.05) is 26.4 Å². The Balaban J connectivity index is 1.82. The van der Waals surface area contributed by atoms with Crippen LogP contribution in [0, 0.1) is 0 Å². The molecule has 4 heteroatoms. The summed E-state index contributed by atoms with van der Waals surface area (Å²) in [7, 11) is 0. The molecule has 17 heavy (non-hydrogen) atoms. The fourth-order valence-corrected chi connectivity index (χ4v) is 1.63. The standard InChI is InChI=1S/C13H17NO3/c15-7-4-8-16-9-12-10-17-13(14-12)11-5-2-1-3-6-11/h1-3,5-6,12,15H,4,7-10H2/t12-/m1/s1. The second kappa shape index (κ2) is 6.37. The number of benzene rings is 1. The van der Waals surface area contributed by atoms with E-state index in [0.717, 1.165) is 5.56 Å². The molecule has 1 aromatic rings. The van der Waals surface area contributed by atoms with Crippen molar-refractivity contribution in [2.24, 2.45) is 4.99 Å². The SMILES string of the molecule is OCCCOC[C@@H]1COC(c2ccccc2)=N1. The molecule has 92 valence electrons. The number of hydrogen-bond donors (Lipinski definition) is 1. The highest BCUT2D eigenvalue weighted by molar-refractivity contribution is 5.95. The maximum Gasteiger partial charge on any atom is 0.216 e. The van der Waals surface area contributed by atoms with Crippen molar-refractivity contribution in [3.05, 3.63) is 35.9 Å². The minimum absolute atomic E-state index is 0.0731. The van der Waals surface area contributed by atoms with Gasteiger partial charge < -0.3 is 14.6 Å². The molecule has 1 N–H and O–H groups in total. The van der Waals surface area contributed by atoms with E-state index in [-0.39, 0.29) is 12.6 Å².